The van der Waals surface area contributed by atoms with Crippen molar-refractivity contribution in [3.8, 4) is 0 Å². The number of halogens is 1. The molecular formula is C22H25FN2O4S. The highest BCUT2D eigenvalue weighted by Crippen LogP contribution is 2.40. The lowest BCUT2D eigenvalue weighted by atomic mass is 9.94. The molecule has 1 N–H and O–H groups in total. The van der Waals surface area contributed by atoms with Crippen molar-refractivity contribution in [2.45, 2.75) is 46.3 Å². The van der Waals surface area contributed by atoms with E-state index in [0.29, 0.717) is 28.6 Å². The number of aryl methyl sites for hydroxylation is 2. The van der Waals surface area contributed by atoms with Crippen LogP contribution < -0.4 is 0 Å². The summed E-state index contributed by atoms with van der Waals surface area (Å²) in [5, 5.41) is 11.3. The second-order valence-corrected chi connectivity index (χ2v) is 8.64. The number of rotatable bonds is 8. The molecule has 0 saturated carbocycles. The van der Waals surface area contributed by atoms with Gasteiger partial charge < -0.3 is 14.7 Å². The summed E-state index contributed by atoms with van der Waals surface area (Å²) < 4.78 is 20.2. The number of Topliss-reactive ketones (excluding diaryl/α,β-unsaturated/α-hetero) is 1. The van der Waals surface area contributed by atoms with Crippen molar-refractivity contribution in [3.05, 3.63) is 62.6 Å². The van der Waals surface area contributed by atoms with E-state index in [1.54, 1.807) is 19.9 Å². The molecule has 1 amide bonds. The largest absolute Gasteiger partial charge is 0.503 e. The summed E-state index contributed by atoms with van der Waals surface area (Å²) in [6.45, 7) is 7.91. The molecule has 3 rings (SSSR count). The van der Waals surface area contributed by atoms with Gasteiger partial charge in [-0.05, 0) is 40.2 Å². The Bertz CT molecular complexity index is 999. The topological polar surface area (TPSA) is 79.7 Å². The minimum absolute atomic E-state index is 0.0443. The predicted octanol–water partition coefficient (Wildman–Crippen LogP) is 4.29. The van der Waals surface area contributed by atoms with Crippen LogP contribution >= 0.6 is 11.3 Å². The first-order chi connectivity index (χ1) is 14.2. The molecule has 1 aromatic heterocycles. The van der Waals surface area contributed by atoms with Crippen LogP contribution in [-0.4, -0.2) is 45.9 Å². The van der Waals surface area contributed by atoms with Gasteiger partial charge in [-0.2, -0.15) is 0 Å². The molecule has 30 heavy (non-hydrogen) atoms. The van der Waals surface area contributed by atoms with Crippen molar-refractivity contribution >= 4 is 23.0 Å². The molecule has 1 unspecified atom stereocenters. The molecule has 1 aromatic carbocycles. The van der Waals surface area contributed by atoms with Crippen LogP contribution in [0.15, 0.2) is 35.6 Å². The van der Waals surface area contributed by atoms with E-state index in [1.807, 2.05) is 13.8 Å². The Morgan fingerprint density at radius 3 is 2.63 bits per heavy atom. The summed E-state index contributed by atoms with van der Waals surface area (Å²) in [5.41, 5.74) is 0.579. The average Bonchev–Trinajstić information content (AvgIpc) is 3.15. The van der Waals surface area contributed by atoms with Gasteiger partial charge in [0.15, 0.2) is 5.76 Å². The standard InChI is InChI=1S/C22H25FN2O4S/c1-12(2)29-11-7-10-25-18(15-8-5-6-9-16(15)23)17(20(27)22(25)28)19(26)21-13(3)24-14(4)30-21/h5-6,8-9,12,18,27H,7,10-11H2,1-4H3. The fourth-order valence-electron chi connectivity index (χ4n) is 3.55. The Balaban J connectivity index is 2.00. The van der Waals surface area contributed by atoms with E-state index in [0.717, 1.165) is 0 Å². The van der Waals surface area contributed by atoms with E-state index in [2.05, 4.69) is 4.98 Å². The maximum atomic E-state index is 14.7. The lowest BCUT2D eigenvalue weighted by Gasteiger charge is -2.27. The van der Waals surface area contributed by atoms with Crippen LogP contribution in [0, 0.1) is 19.7 Å². The molecular weight excluding hydrogens is 407 g/mol. The van der Waals surface area contributed by atoms with Crippen LogP contribution in [0.2, 0.25) is 0 Å². The smallest absolute Gasteiger partial charge is 0.290 e. The molecule has 1 atom stereocenters. The van der Waals surface area contributed by atoms with Gasteiger partial charge in [-0.25, -0.2) is 9.37 Å². The summed E-state index contributed by atoms with van der Waals surface area (Å²) in [6.07, 6.45) is 0.533. The first-order valence-electron chi connectivity index (χ1n) is 9.81. The third-order valence-electron chi connectivity index (χ3n) is 4.85. The average molecular weight is 433 g/mol. The number of ketones is 1. The molecule has 8 heteroatoms. The molecule has 1 aliphatic rings. The third-order valence-corrected chi connectivity index (χ3v) is 5.92. The highest BCUT2D eigenvalue weighted by atomic mass is 32.1. The Morgan fingerprint density at radius 2 is 2.03 bits per heavy atom. The number of thiazole rings is 1. The van der Waals surface area contributed by atoms with Crippen LogP contribution in [-0.2, 0) is 9.53 Å². The molecule has 0 spiro atoms. The molecule has 0 aliphatic carbocycles. The highest BCUT2D eigenvalue weighted by molar-refractivity contribution is 7.14. The summed E-state index contributed by atoms with van der Waals surface area (Å²) >= 11 is 1.19. The third kappa shape index (κ3) is 4.29. The van der Waals surface area contributed by atoms with E-state index >= 15 is 0 Å². The minimum atomic E-state index is -1.01. The number of nitrogens with zero attached hydrogens (tertiary/aromatic N) is 2. The van der Waals surface area contributed by atoms with Crippen molar-refractivity contribution in [3.63, 3.8) is 0 Å². The number of hydrogen-bond donors (Lipinski definition) is 1. The lowest BCUT2D eigenvalue weighted by molar-refractivity contribution is -0.129. The Hall–Kier alpha value is -2.58. The van der Waals surface area contributed by atoms with Crippen LogP contribution in [0.3, 0.4) is 0 Å². The first kappa shape index (κ1) is 22.1. The van der Waals surface area contributed by atoms with Crippen molar-refractivity contribution in [1.82, 2.24) is 9.88 Å². The number of benzene rings is 1. The van der Waals surface area contributed by atoms with Gasteiger partial charge in [0.05, 0.1) is 33.3 Å². The molecule has 2 aromatic rings. The molecule has 0 fully saturated rings. The Morgan fingerprint density at radius 1 is 1.33 bits per heavy atom. The predicted molar refractivity (Wildman–Crippen MR) is 112 cm³/mol. The zero-order valence-electron chi connectivity index (χ0n) is 17.4. The van der Waals surface area contributed by atoms with Gasteiger partial charge in [-0.1, -0.05) is 18.2 Å². The Labute approximate surface area is 179 Å². The summed E-state index contributed by atoms with van der Waals surface area (Å²) in [5.74, 6) is -2.37. The first-order valence-corrected chi connectivity index (χ1v) is 10.6. The van der Waals surface area contributed by atoms with Crippen molar-refractivity contribution in [1.29, 1.82) is 0 Å². The molecule has 0 radical (unpaired) electrons. The second kappa shape index (κ2) is 9.06. The fourth-order valence-corrected chi connectivity index (χ4v) is 4.43. The van der Waals surface area contributed by atoms with Gasteiger partial charge in [-0.3, -0.25) is 9.59 Å². The molecule has 160 valence electrons. The molecule has 2 heterocycles. The number of amides is 1. The number of carbonyl (C=O) groups excluding carboxylic acids is 2. The lowest BCUT2D eigenvalue weighted by Crippen LogP contribution is -2.33. The minimum Gasteiger partial charge on any atom is -0.503 e. The summed E-state index contributed by atoms with van der Waals surface area (Å²) in [6, 6.07) is 4.98. The maximum Gasteiger partial charge on any atom is 0.290 e. The van der Waals surface area contributed by atoms with Gasteiger partial charge in [-0.15, -0.1) is 11.3 Å². The fraction of sp³-hybridized carbons (Fsp3) is 0.409. The van der Waals surface area contributed by atoms with Crippen molar-refractivity contribution < 1.29 is 23.8 Å². The van der Waals surface area contributed by atoms with Gasteiger partial charge in [0.2, 0.25) is 5.78 Å². The normalized spacial score (nSPS) is 16.8. The van der Waals surface area contributed by atoms with Crippen LogP contribution in [0.25, 0.3) is 0 Å². The van der Waals surface area contributed by atoms with Crippen molar-refractivity contribution in [2.75, 3.05) is 13.2 Å². The van der Waals surface area contributed by atoms with Crippen molar-refractivity contribution in [2.24, 2.45) is 0 Å². The molecule has 0 saturated heterocycles. The molecule has 0 bridgehead atoms. The maximum absolute atomic E-state index is 14.7. The van der Waals surface area contributed by atoms with E-state index in [9.17, 15) is 19.1 Å². The second-order valence-electron chi connectivity index (χ2n) is 7.43. The van der Waals surface area contributed by atoms with E-state index < -0.39 is 29.3 Å². The van der Waals surface area contributed by atoms with Gasteiger partial charge in [0, 0.05) is 18.7 Å². The van der Waals surface area contributed by atoms with E-state index in [-0.39, 0.29) is 23.8 Å². The van der Waals surface area contributed by atoms with Gasteiger partial charge in [0.25, 0.3) is 5.91 Å². The number of carbonyl (C=O) groups is 2. The Kier molecular flexibility index (Phi) is 6.67. The van der Waals surface area contributed by atoms with E-state index in [1.165, 1.54) is 34.4 Å². The monoisotopic (exact) mass is 432 g/mol. The van der Waals surface area contributed by atoms with E-state index in [4.69, 9.17) is 4.74 Å². The number of ether oxygens (including phenoxy) is 1. The SMILES string of the molecule is Cc1nc(C)c(C(=O)C2=C(O)C(=O)N(CCCOC(C)C)C2c2ccccc2F)s1. The number of aliphatic hydroxyl groups excluding tert-OH is 1. The summed E-state index contributed by atoms with van der Waals surface area (Å²) in [4.78, 5) is 32.1. The zero-order chi connectivity index (χ0) is 22.0. The highest BCUT2D eigenvalue weighted by Gasteiger charge is 2.45. The molecule has 1 aliphatic heterocycles. The van der Waals surface area contributed by atoms with Gasteiger partial charge >= 0.3 is 0 Å². The van der Waals surface area contributed by atoms with Crippen LogP contribution in [0.5, 0.6) is 0 Å². The number of hydrogen-bond acceptors (Lipinski definition) is 6. The summed E-state index contributed by atoms with van der Waals surface area (Å²) in [7, 11) is 0. The zero-order valence-corrected chi connectivity index (χ0v) is 18.3. The van der Waals surface area contributed by atoms with Gasteiger partial charge in [0.1, 0.15) is 5.82 Å². The quantitative estimate of drug-likeness (QED) is 0.497. The van der Waals surface area contributed by atoms with Crippen LogP contribution in [0.1, 0.15) is 52.2 Å². The van der Waals surface area contributed by atoms with Crippen LogP contribution in [0.4, 0.5) is 4.39 Å². The number of aliphatic hydroxyl groups is 1. The molecule has 6 nitrogen and oxygen atoms in total. The number of aromatic nitrogens is 1.